The van der Waals surface area contributed by atoms with E-state index in [0.717, 1.165) is 0 Å². The minimum absolute atomic E-state index is 0.0714. The fraction of sp³-hybridized carbons (Fsp3) is 1.00. The number of rotatable bonds is 9. The van der Waals surface area contributed by atoms with Crippen molar-refractivity contribution < 1.29 is 90.2 Å². The van der Waals surface area contributed by atoms with Crippen molar-refractivity contribution in [3.63, 3.8) is 0 Å². The number of ether oxygens (including phenoxy) is 6. The van der Waals surface area contributed by atoms with Gasteiger partial charge in [0.25, 0.3) is 23.5 Å². The Balaban J connectivity index is 1.99. The molecule has 3 fully saturated rings. The first-order valence-electron chi connectivity index (χ1n) is 12.2. The first-order chi connectivity index (χ1) is 18.6. The highest BCUT2D eigenvalue weighted by molar-refractivity contribution is 7.45. The van der Waals surface area contributed by atoms with Crippen molar-refractivity contribution in [2.24, 2.45) is 0 Å². The molecule has 0 aromatic carbocycles. The van der Waals surface area contributed by atoms with Crippen LogP contribution in [0, 0.1) is 0 Å². The second-order valence-electron chi connectivity index (χ2n) is 9.02. The SMILES string of the molecule is CCCO[C@@H]1O[C@@H]2COCCCCOC[C@H]3O[C@H](O[C@H]2[C@H]1OP(=O)([O-])O)[C@H](O)[C@@H](OP(=O)([O-])O)[C@@H]3OP(=O)([O-])O. The zero-order chi connectivity index (χ0) is 29.7. The van der Waals surface area contributed by atoms with Gasteiger partial charge in [-0.25, -0.2) is 0 Å². The van der Waals surface area contributed by atoms with Gasteiger partial charge in [0.1, 0.15) is 42.7 Å². The lowest BCUT2D eigenvalue weighted by Gasteiger charge is -2.46. The van der Waals surface area contributed by atoms with Crippen molar-refractivity contribution in [2.75, 3.05) is 33.0 Å². The summed E-state index contributed by atoms with van der Waals surface area (Å²) in [7, 11) is -16.7. The zero-order valence-electron chi connectivity index (χ0n) is 21.1. The average molecular weight is 645 g/mol. The number of fused-ring (bicyclic) bond motifs is 3. The Labute approximate surface area is 228 Å². The van der Waals surface area contributed by atoms with Crippen LogP contribution in [0.15, 0.2) is 0 Å². The molecule has 0 amide bonds. The summed E-state index contributed by atoms with van der Waals surface area (Å²) in [4.78, 5) is 62.8. The van der Waals surface area contributed by atoms with Crippen LogP contribution in [0.4, 0.5) is 0 Å². The molecule has 4 N–H and O–H groups in total. The molecule has 0 aromatic heterocycles. The predicted octanol–water partition coefficient (Wildman–Crippen LogP) is -3.03. The van der Waals surface area contributed by atoms with E-state index in [2.05, 4.69) is 9.05 Å². The van der Waals surface area contributed by atoms with Gasteiger partial charge in [0.05, 0.1) is 13.2 Å². The Kier molecular flexibility index (Phi) is 12.7. The van der Waals surface area contributed by atoms with Crippen LogP contribution in [0.3, 0.4) is 0 Å². The van der Waals surface area contributed by atoms with E-state index >= 15 is 0 Å². The molecule has 3 heterocycles. The number of hydrogen-bond donors (Lipinski definition) is 4. The Morgan fingerprint density at radius 1 is 0.775 bits per heavy atom. The van der Waals surface area contributed by atoms with Crippen LogP contribution in [0.5, 0.6) is 0 Å². The van der Waals surface area contributed by atoms with Crippen molar-refractivity contribution in [3.8, 4) is 0 Å². The molecule has 0 spiro atoms. The number of hydrogen-bond acceptors (Lipinski definition) is 16. The van der Waals surface area contributed by atoms with Crippen LogP contribution < -0.4 is 14.7 Å². The van der Waals surface area contributed by atoms with Crippen molar-refractivity contribution in [3.05, 3.63) is 0 Å². The van der Waals surface area contributed by atoms with Crippen LogP contribution in [0.2, 0.25) is 0 Å². The largest absolute Gasteiger partial charge is 0.756 e. The zero-order valence-corrected chi connectivity index (χ0v) is 23.8. The normalized spacial score (nSPS) is 40.6. The van der Waals surface area contributed by atoms with E-state index in [1.807, 2.05) is 0 Å². The smallest absolute Gasteiger partial charge is 0.265 e. The molecule has 0 aromatic rings. The summed E-state index contributed by atoms with van der Waals surface area (Å²) >= 11 is 0. The van der Waals surface area contributed by atoms with E-state index in [9.17, 15) is 48.2 Å². The van der Waals surface area contributed by atoms with Crippen molar-refractivity contribution in [1.29, 1.82) is 0 Å². The number of phosphoric acid groups is 3. The lowest BCUT2D eigenvalue weighted by Crippen LogP contribution is -2.62. The molecule has 19 nitrogen and oxygen atoms in total. The van der Waals surface area contributed by atoms with Gasteiger partial charge in [-0.2, -0.15) is 0 Å². The molecule has 0 saturated carbocycles. The molecule has 22 heteroatoms. The maximum Gasteiger partial charge on any atom is 0.265 e. The highest BCUT2D eigenvalue weighted by Crippen LogP contribution is 2.45. The van der Waals surface area contributed by atoms with E-state index in [0.29, 0.717) is 19.3 Å². The lowest BCUT2D eigenvalue weighted by atomic mass is 9.99. The summed E-state index contributed by atoms with van der Waals surface area (Å²) in [5.74, 6) is 0. The van der Waals surface area contributed by atoms with Crippen LogP contribution in [-0.4, -0.2) is 108 Å². The molecule has 236 valence electrons. The summed E-state index contributed by atoms with van der Waals surface area (Å²) in [5, 5.41) is 10.9. The maximum absolute atomic E-state index is 11.7. The Hall–Kier alpha value is 0.0500. The minimum Gasteiger partial charge on any atom is -0.756 e. The second-order valence-corrected chi connectivity index (χ2v) is 12.5. The van der Waals surface area contributed by atoms with Crippen LogP contribution in [0.25, 0.3) is 0 Å². The Morgan fingerprint density at radius 3 is 1.85 bits per heavy atom. The standard InChI is InChI=1S/C18H35O19P3/c1-2-5-31-18-16(37-40(26,27)28)13-10(33-18)8-29-6-3-4-7-30-9-11-14(35-38(20,21)22)15(36-39(23,24)25)12(19)17(32-11)34-13/h10-19H,2-9H2,1H3,(H2,20,21,22)(H2,23,24,25)(H2,26,27,28)/p-3/t10-,11-,12-,13-,14-,15-,16-,17-,18-/m1/s1. The second kappa shape index (κ2) is 14.7. The van der Waals surface area contributed by atoms with Crippen molar-refractivity contribution >= 4 is 23.5 Å². The molecule has 40 heavy (non-hydrogen) atoms. The van der Waals surface area contributed by atoms with Gasteiger partial charge < -0.3 is 76.5 Å². The fourth-order valence-electron chi connectivity index (χ4n) is 4.28. The van der Waals surface area contributed by atoms with Gasteiger partial charge in [-0.3, -0.25) is 13.7 Å². The van der Waals surface area contributed by atoms with Crippen molar-refractivity contribution in [2.45, 2.75) is 81.5 Å². The summed E-state index contributed by atoms with van der Waals surface area (Å²) in [6.45, 7) is 1.38. The number of phosphoric ester groups is 3. The van der Waals surface area contributed by atoms with Gasteiger partial charge in [0.15, 0.2) is 12.6 Å². The van der Waals surface area contributed by atoms with Gasteiger partial charge in [-0.1, -0.05) is 6.92 Å². The third kappa shape index (κ3) is 10.6. The number of aliphatic hydroxyl groups is 1. The highest BCUT2D eigenvalue weighted by atomic mass is 31.2. The molecular weight excluding hydrogens is 613 g/mol. The molecule has 3 unspecified atom stereocenters. The molecule has 2 bridgehead atoms. The van der Waals surface area contributed by atoms with Gasteiger partial charge in [0.2, 0.25) is 0 Å². The molecule has 3 rings (SSSR count). The molecule has 3 aliphatic rings. The quantitative estimate of drug-likeness (QED) is 0.181. The van der Waals surface area contributed by atoms with Crippen LogP contribution >= 0.6 is 23.5 Å². The molecule has 0 aliphatic carbocycles. The van der Waals surface area contributed by atoms with Crippen LogP contribution in [0.1, 0.15) is 26.2 Å². The minimum atomic E-state index is -5.69. The monoisotopic (exact) mass is 645 g/mol. The molecule has 3 saturated heterocycles. The van der Waals surface area contributed by atoms with E-state index in [4.69, 9.17) is 32.9 Å². The Bertz CT molecular complexity index is 935. The summed E-state index contributed by atoms with van der Waals surface area (Å²) in [6.07, 6.45) is -14.6. The van der Waals surface area contributed by atoms with Gasteiger partial charge in [-0.15, -0.1) is 0 Å². The molecule has 12 atom stereocenters. The van der Waals surface area contributed by atoms with E-state index in [-0.39, 0.29) is 26.4 Å². The first-order valence-corrected chi connectivity index (χ1v) is 16.6. The molecule has 0 radical (unpaired) electrons. The van der Waals surface area contributed by atoms with E-state index in [1.54, 1.807) is 6.92 Å². The summed E-state index contributed by atoms with van der Waals surface area (Å²) in [6, 6.07) is 0. The van der Waals surface area contributed by atoms with Gasteiger partial charge in [0, 0.05) is 19.8 Å². The highest BCUT2D eigenvalue weighted by Gasteiger charge is 2.55. The Morgan fingerprint density at radius 2 is 1.30 bits per heavy atom. The molecular formula is C18H32O19P3-3. The van der Waals surface area contributed by atoms with E-state index in [1.165, 1.54) is 0 Å². The number of aliphatic hydroxyl groups excluding tert-OH is 1. The topological polar surface area (TPSA) is 284 Å². The van der Waals surface area contributed by atoms with Crippen molar-refractivity contribution in [1.82, 2.24) is 0 Å². The summed E-state index contributed by atoms with van der Waals surface area (Å²) < 4.78 is 82.2. The van der Waals surface area contributed by atoms with E-state index < -0.39 is 85.4 Å². The summed E-state index contributed by atoms with van der Waals surface area (Å²) in [5.41, 5.74) is 0. The maximum atomic E-state index is 11.7. The van der Waals surface area contributed by atoms with Gasteiger partial charge in [-0.05, 0) is 19.3 Å². The lowest BCUT2D eigenvalue weighted by molar-refractivity contribution is -0.329. The fourth-order valence-corrected chi connectivity index (χ4v) is 5.92. The van der Waals surface area contributed by atoms with Gasteiger partial charge >= 0.3 is 0 Å². The van der Waals surface area contributed by atoms with Crippen LogP contribution in [-0.2, 0) is 55.7 Å². The average Bonchev–Trinajstić information content (AvgIpc) is 3.11. The predicted molar refractivity (Wildman–Crippen MR) is 119 cm³/mol. The molecule has 3 aliphatic heterocycles. The first kappa shape index (κ1) is 34.5. The third-order valence-corrected chi connectivity index (χ3v) is 7.35. The third-order valence-electron chi connectivity index (χ3n) is 5.82.